The molecule has 0 spiro atoms. The van der Waals surface area contributed by atoms with Gasteiger partial charge in [0.15, 0.2) is 12.4 Å². The summed E-state index contributed by atoms with van der Waals surface area (Å²) in [5.74, 6) is -0.433. The molecule has 1 aromatic carbocycles. The maximum Gasteiger partial charge on any atom is 0.417 e. The number of benzene rings is 1. The average Bonchev–Trinajstić information content (AvgIpc) is 2.48. The Labute approximate surface area is 137 Å². The SMILES string of the molecule is O=C(C[n+]1ccccc1)N/N=C/c1ccccc1C(F)(F)F.[Cl-]. The molecular formula is C15H13ClF3N3O. The van der Waals surface area contributed by atoms with E-state index in [-0.39, 0.29) is 24.5 Å². The van der Waals surface area contributed by atoms with Crippen LogP contribution in [0, 0.1) is 0 Å². The van der Waals surface area contributed by atoms with Crippen molar-refractivity contribution >= 4 is 12.1 Å². The van der Waals surface area contributed by atoms with E-state index in [1.54, 1.807) is 35.2 Å². The van der Waals surface area contributed by atoms with E-state index in [9.17, 15) is 18.0 Å². The first-order valence-corrected chi connectivity index (χ1v) is 6.39. The summed E-state index contributed by atoms with van der Waals surface area (Å²) in [5, 5.41) is 3.57. The van der Waals surface area contributed by atoms with Gasteiger partial charge in [-0.25, -0.2) is 5.43 Å². The molecular weight excluding hydrogens is 331 g/mol. The number of alkyl halides is 3. The van der Waals surface area contributed by atoms with Crippen LogP contribution in [0.4, 0.5) is 13.2 Å². The van der Waals surface area contributed by atoms with Crippen molar-refractivity contribution < 1.29 is 34.9 Å². The van der Waals surface area contributed by atoms with E-state index in [1.165, 1.54) is 18.2 Å². The molecule has 8 heteroatoms. The number of hydrogen-bond donors (Lipinski definition) is 1. The molecule has 1 aromatic heterocycles. The molecule has 0 aliphatic rings. The molecule has 0 saturated heterocycles. The second-order valence-electron chi connectivity index (χ2n) is 4.43. The van der Waals surface area contributed by atoms with Crippen molar-refractivity contribution in [3.63, 3.8) is 0 Å². The lowest BCUT2D eigenvalue weighted by atomic mass is 10.1. The number of rotatable bonds is 4. The summed E-state index contributed by atoms with van der Waals surface area (Å²) in [4.78, 5) is 11.6. The highest BCUT2D eigenvalue weighted by molar-refractivity contribution is 5.83. The summed E-state index contributed by atoms with van der Waals surface area (Å²) < 4.78 is 39.9. The number of halogens is 4. The van der Waals surface area contributed by atoms with Crippen LogP contribution >= 0.6 is 0 Å². The van der Waals surface area contributed by atoms with Crippen LogP contribution < -0.4 is 22.4 Å². The summed E-state index contributed by atoms with van der Waals surface area (Å²) in [6.07, 6.45) is -0.0899. The van der Waals surface area contributed by atoms with Gasteiger partial charge in [-0.1, -0.05) is 24.3 Å². The zero-order valence-electron chi connectivity index (χ0n) is 11.8. The van der Waals surface area contributed by atoms with Crippen LogP contribution in [0.1, 0.15) is 11.1 Å². The normalized spacial score (nSPS) is 11.1. The molecule has 0 atom stereocenters. The fraction of sp³-hybridized carbons (Fsp3) is 0.133. The van der Waals surface area contributed by atoms with Crippen molar-refractivity contribution in [3.8, 4) is 0 Å². The fourth-order valence-electron chi connectivity index (χ4n) is 1.78. The number of carbonyl (C=O) groups is 1. The molecule has 0 radical (unpaired) electrons. The standard InChI is InChI=1S/C15H12F3N3O.ClH/c16-15(17,18)13-7-3-2-6-12(13)10-19-20-14(22)11-21-8-4-1-5-9-21;/h1-10H,11H2;1H/b19-10+;. The van der Waals surface area contributed by atoms with Crippen LogP contribution in [0.2, 0.25) is 0 Å². The van der Waals surface area contributed by atoms with E-state index < -0.39 is 17.6 Å². The molecule has 0 aliphatic heterocycles. The van der Waals surface area contributed by atoms with Crippen LogP contribution in [0.25, 0.3) is 0 Å². The molecule has 23 heavy (non-hydrogen) atoms. The third-order valence-electron chi connectivity index (χ3n) is 2.76. The highest BCUT2D eigenvalue weighted by Crippen LogP contribution is 2.30. The van der Waals surface area contributed by atoms with Gasteiger partial charge < -0.3 is 12.4 Å². The van der Waals surface area contributed by atoms with E-state index in [0.29, 0.717) is 0 Å². The number of aromatic nitrogens is 1. The van der Waals surface area contributed by atoms with Gasteiger partial charge in [0.25, 0.3) is 0 Å². The smallest absolute Gasteiger partial charge is 0.417 e. The number of nitrogens with one attached hydrogen (secondary N) is 1. The van der Waals surface area contributed by atoms with Gasteiger partial charge in [0.05, 0.1) is 11.8 Å². The zero-order valence-corrected chi connectivity index (χ0v) is 12.6. The molecule has 0 fully saturated rings. The Hall–Kier alpha value is -2.41. The maximum atomic E-state index is 12.8. The number of pyridine rings is 1. The summed E-state index contributed by atoms with van der Waals surface area (Å²) in [6.45, 7) is 0.0269. The Bertz CT molecular complexity index is 675. The van der Waals surface area contributed by atoms with Crippen LogP contribution in [0.15, 0.2) is 60.0 Å². The molecule has 0 bridgehead atoms. The van der Waals surface area contributed by atoms with Crippen LogP contribution in [-0.4, -0.2) is 12.1 Å². The monoisotopic (exact) mass is 343 g/mol. The Kier molecular flexibility index (Phi) is 6.71. The van der Waals surface area contributed by atoms with Crippen molar-refractivity contribution in [1.29, 1.82) is 0 Å². The highest BCUT2D eigenvalue weighted by atomic mass is 35.5. The minimum atomic E-state index is -4.47. The fourth-order valence-corrected chi connectivity index (χ4v) is 1.78. The molecule has 2 aromatic rings. The number of nitrogens with zero attached hydrogens (tertiary/aromatic N) is 2. The van der Waals surface area contributed by atoms with Gasteiger partial charge in [0.2, 0.25) is 6.54 Å². The van der Waals surface area contributed by atoms with Gasteiger partial charge in [-0.05, 0) is 6.07 Å². The van der Waals surface area contributed by atoms with E-state index in [1.807, 2.05) is 0 Å². The summed E-state index contributed by atoms with van der Waals surface area (Å²) in [5.41, 5.74) is 1.29. The van der Waals surface area contributed by atoms with Gasteiger partial charge in [0, 0.05) is 17.7 Å². The van der Waals surface area contributed by atoms with Crippen LogP contribution in [0.3, 0.4) is 0 Å². The molecule has 4 nitrogen and oxygen atoms in total. The Morgan fingerprint density at radius 3 is 2.43 bits per heavy atom. The van der Waals surface area contributed by atoms with E-state index in [2.05, 4.69) is 10.5 Å². The lowest BCUT2D eigenvalue weighted by Gasteiger charge is -2.08. The molecule has 1 heterocycles. The third-order valence-corrected chi connectivity index (χ3v) is 2.76. The van der Waals surface area contributed by atoms with Crippen LogP contribution in [-0.2, 0) is 17.5 Å². The zero-order chi connectivity index (χ0) is 16.0. The third kappa shape index (κ3) is 5.71. The van der Waals surface area contributed by atoms with Crippen molar-refractivity contribution in [1.82, 2.24) is 5.43 Å². The molecule has 1 N–H and O–H groups in total. The lowest BCUT2D eigenvalue weighted by Crippen LogP contribution is -3.00. The average molecular weight is 344 g/mol. The predicted molar refractivity (Wildman–Crippen MR) is 73.8 cm³/mol. The molecule has 2 rings (SSSR count). The lowest BCUT2D eigenvalue weighted by molar-refractivity contribution is -0.684. The Morgan fingerprint density at radius 1 is 1.13 bits per heavy atom. The van der Waals surface area contributed by atoms with Gasteiger partial charge in [-0.2, -0.15) is 22.8 Å². The minimum Gasteiger partial charge on any atom is -1.00 e. The molecule has 122 valence electrons. The summed E-state index contributed by atoms with van der Waals surface area (Å²) in [7, 11) is 0. The number of hydrazone groups is 1. The number of amides is 1. The second kappa shape index (κ2) is 8.28. The largest absolute Gasteiger partial charge is 1.00 e. The molecule has 0 saturated carbocycles. The van der Waals surface area contributed by atoms with E-state index in [0.717, 1.165) is 12.3 Å². The Balaban J connectivity index is 0.00000264. The quantitative estimate of drug-likeness (QED) is 0.439. The van der Waals surface area contributed by atoms with Gasteiger partial charge >= 0.3 is 12.1 Å². The number of carbonyl (C=O) groups excluding carboxylic acids is 1. The first-order valence-electron chi connectivity index (χ1n) is 6.39. The maximum absolute atomic E-state index is 12.8. The second-order valence-corrected chi connectivity index (χ2v) is 4.43. The molecule has 0 unspecified atom stereocenters. The van der Waals surface area contributed by atoms with Gasteiger partial charge in [0.1, 0.15) is 0 Å². The number of hydrogen-bond acceptors (Lipinski definition) is 2. The summed E-state index contributed by atoms with van der Waals surface area (Å²) >= 11 is 0. The van der Waals surface area contributed by atoms with E-state index >= 15 is 0 Å². The van der Waals surface area contributed by atoms with Gasteiger partial charge in [-0.15, -0.1) is 0 Å². The Morgan fingerprint density at radius 2 is 1.78 bits per heavy atom. The van der Waals surface area contributed by atoms with Crippen molar-refractivity contribution in [3.05, 3.63) is 66.0 Å². The minimum absolute atomic E-state index is 0. The predicted octanol–water partition coefficient (Wildman–Crippen LogP) is -0.853. The molecule has 1 amide bonds. The van der Waals surface area contributed by atoms with Crippen molar-refractivity contribution in [2.24, 2.45) is 5.10 Å². The van der Waals surface area contributed by atoms with Gasteiger partial charge in [-0.3, -0.25) is 4.79 Å². The van der Waals surface area contributed by atoms with Crippen LogP contribution in [0.5, 0.6) is 0 Å². The topological polar surface area (TPSA) is 45.3 Å². The first kappa shape index (κ1) is 18.6. The van der Waals surface area contributed by atoms with E-state index in [4.69, 9.17) is 0 Å². The highest BCUT2D eigenvalue weighted by Gasteiger charge is 2.32. The van der Waals surface area contributed by atoms with Crippen molar-refractivity contribution in [2.75, 3.05) is 0 Å². The molecule has 0 aliphatic carbocycles. The summed E-state index contributed by atoms with van der Waals surface area (Å²) in [6, 6.07) is 10.3. The first-order chi connectivity index (χ1) is 10.5. The van der Waals surface area contributed by atoms with Crippen molar-refractivity contribution in [2.45, 2.75) is 12.7 Å².